The lowest BCUT2D eigenvalue weighted by Crippen LogP contribution is -2.50. The molecule has 0 radical (unpaired) electrons. The zero-order chi connectivity index (χ0) is 19.2. The van der Waals surface area contributed by atoms with Crippen LogP contribution in [0.15, 0.2) is 36.4 Å². The number of halogens is 1. The van der Waals surface area contributed by atoms with Crippen LogP contribution < -0.4 is 16.4 Å². The molecule has 2 atom stereocenters. The van der Waals surface area contributed by atoms with Gasteiger partial charge in [0.05, 0.1) is 17.6 Å². The fraction of sp³-hybridized carbons (Fsp3) is 0.300. The summed E-state index contributed by atoms with van der Waals surface area (Å²) in [7, 11) is 0. The summed E-state index contributed by atoms with van der Waals surface area (Å²) in [6, 6.07) is 8.45. The van der Waals surface area contributed by atoms with Crippen LogP contribution in [0, 0.1) is 11.7 Å². The Morgan fingerprint density at radius 2 is 1.92 bits per heavy atom. The monoisotopic (exact) mass is 355 g/mol. The largest absolute Gasteiger partial charge is 0.398 e. The number of hydrogen-bond acceptors (Lipinski definition) is 4. The van der Waals surface area contributed by atoms with Gasteiger partial charge in [0, 0.05) is 11.3 Å². The Morgan fingerprint density at radius 1 is 1.23 bits per heavy atom. The number of benzene rings is 2. The van der Waals surface area contributed by atoms with Gasteiger partial charge in [-0.2, -0.15) is 0 Å². The van der Waals surface area contributed by atoms with Crippen molar-refractivity contribution in [3.63, 3.8) is 0 Å². The average Bonchev–Trinajstić information content (AvgIpc) is 2.69. The molecule has 0 saturated carbocycles. The van der Waals surface area contributed by atoms with Gasteiger partial charge in [0.25, 0.3) is 5.91 Å². The van der Waals surface area contributed by atoms with E-state index in [0.29, 0.717) is 28.1 Å². The summed E-state index contributed by atoms with van der Waals surface area (Å²) in [6.07, 6.45) is 0. The summed E-state index contributed by atoms with van der Waals surface area (Å²) >= 11 is 0. The van der Waals surface area contributed by atoms with Gasteiger partial charge in [0.1, 0.15) is 5.82 Å². The van der Waals surface area contributed by atoms with E-state index in [-0.39, 0.29) is 5.92 Å². The molecule has 0 bridgehead atoms. The molecule has 0 aromatic heterocycles. The quantitative estimate of drug-likeness (QED) is 0.810. The molecule has 136 valence electrons. The minimum atomic E-state index is -0.835. The SMILES string of the molecule is CC1C(=O)N(C(=O)[C@@H](N)C(C)C)c2cccc(N)c2-c2ccc(F)cc21. The minimum Gasteiger partial charge on any atom is -0.398 e. The Kier molecular flexibility index (Phi) is 4.54. The van der Waals surface area contributed by atoms with Crippen molar-refractivity contribution in [1.82, 2.24) is 0 Å². The van der Waals surface area contributed by atoms with E-state index in [9.17, 15) is 14.0 Å². The van der Waals surface area contributed by atoms with Crippen LogP contribution in [0.1, 0.15) is 32.3 Å². The Labute approximate surface area is 151 Å². The molecule has 3 rings (SSSR count). The Bertz CT molecular complexity index is 895. The summed E-state index contributed by atoms with van der Waals surface area (Å²) in [5.74, 6) is -2.23. The molecule has 6 heteroatoms. The van der Waals surface area contributed by atoms with E-state index >= 15 is 0 Å². The van der Waals surface area contributed by atoms with Crippen molar-refractivity contribution in [1.29, 1.82) is 0 Å². The highest BCUT2D eigenvalue weighted by atomic mass is 19.1. The van der Waals surface area contributed by atoms with Gasteiger partial charge in [-0.1, -0.05) is 26.0 Å². The Balaban J connectivity index is 2.30. The van der Waals surface area contributed by atoms with E-state index in [2.05, 4.69) is 0 Å². The number of carbonyl (C=O) groups is 2. The molecule has 1 aliphatic heterocycles. The smallest absolute Gasteiger partial charge is 0.250 e. The van der Waals surface area contributed by atoms with Crippen LogP contribution >= 0.6 is 0 Å². The van der Waals surface area contributed by atoms with Crippen molar-refractivity contribution in [3.05, 3.63) is 47.8 Å². The molecule has 0 spiro atoms. The van der Waals surface area contributed by atoms with Crippen LogP contribution in [0.4, 0.5) is 15.8 Å². The molecule has 1 unspecified atom stereocenters. The number of imide groups is 1. The second-order valence-corrected chi connectivity index (χ2v) is 6.98. The van der Waals surface area contributed by atoms with Gasteiger partial charge in [-0.15, -0.1) is 0 Å². The topological polar surface area (TPSA) is 89.4 Å². The van der Waals surface area contributed by atoms with Crippen LogP contribution in [0.25, 0.3) is 11.1 Å². The van der Waals surface area contributed by atoms with E-state index in [1.54, 1.807) is 31.2 Å². The fourth-order valence-corrected chi connectivity index (χ4v) is 3.26. The molecule has 0 aliphatic carbocycles. The number of nitrogens with two attached hydrogens (primary N) is 2. The van der Waals surface area contributed by atoms with Crippen molar-refractivity contribution in [2.24, 2.45) is 11.7 Å². The molecule has 5 nitrogen and oxygen atoms in total. The van der Waals surface area contributed by atoms with Crippen molar-refractivity contribution < 1.29 is 14.0 Å². The second-order valence-electron chi connectivity index (χ2n) is 6.98. The minimum absolute atomic E-state index is 0.141. The third-order valence-corrected chi connectivity index (χ3v) is 4.88. The first-order valence-corrected chi connectivity index (χ1v) is 8.55. The van der Waals surface area contributed by atoms with Gasteiger partial charge in [-0.25, -0.2) is 9.29 Å². The predicted molar refractivity (Wildman–Crippen MR) is 100.0 cm³/mol. The molecule has 2 aromatic carbocycles. The lowest BCUT2D eigenvalue weighted by atomic mass is 9.91. The van der Waals surface area contributed by atoms with Crippen molar-refractivity contribution in [3.8, 4) is 11.1 Å². The lowest BCUT2D eigenvalue weighted by Gasteiger charge is -2.27. The first-order chi connectivity index (χ1) is 12.2. The van der Waals surface area contributed by atoms with Crippen LogP contribution in [0.2, 0.25) is 0 Å². The molecule has 1 aliphatic rings. The molecule has 26 heavy (non-hydrogen) atoms. The second kappa shape index (κ2) is 6.53. The van der Waals surface area contributed by atoms with Crippen molar-refractivity contribution in [2.45, 2.75) is 32.7 Å². The summed E-state index contributed by atoms with van der Waals surface area (Å²) in [6.45, 7) is 5.29. The Hall–Kier alpha value is -2.73. The van der Waals surface area contributed by atoms with Crippen molar-refractivity contribution >= 4 is 23.2 Å². The number of carbonyl (C=O) groups excluding carboxylic acids is 2. The van der Waals surface area contributed by atoms with Gasteiger partial charge >= 0.3 is 0 Å². The first-order valence-electron chi connectivity index (χ1n) is 8.55. The molecule has 4 N–H and O–H groups in total. The normalized spacial score (nSPS) is 17.5. The number of fused-ring (bicyclic) bond motifs is 3. The third-order valence-electron chi connectivity index (χ3n) is 4.88. The summed E-state index contributed by atoms with van der Waals surface area (Å²) in [5, 5.41) is 0. The summed E-state index contributed by atoms with van der Waals surface area (Å²) in [5.41, 5.74) is 14.7. The first kappa shape index (κ1) is 18.1. The van der Waals surface area contributed by atoms with Gasteiger partial charge in [0.15, 0.2) is 0 Å². The predicted octanol–water partition coefficient (Wildman–Crippen LogP) is 3.03. The van der Waals surface area contributed by atoms with Crippen LogP contribution in [0.5, 0.6) is 0 Å². The van der Waals surface area contributed by atoms with Gasteiger partial charge in [-0.05, 0) is 48.2 Å². The van der Waals surface area contributed by atoms with E-state index in [1.165, 1.54) is 12.1 Å². The van der Waals surface area contributed by atoms with Gasteiger partial charge < -0.3 is 11.5 Å². The summed E-state index contributed by atoms with van der Waals surface area (Å²) in [4.78, 5) is 27.3. The van der Waals surface area contributed by atoms with Gasteiger partial charge in [0.2, 0.25) is 5.91 Å². The lowest BCUT2D eigenvalue weighted by molar-refractivity contribution is -0.128. The third kappa shape index (κ3) is 2.76. The van der Waals surface area contributed by atoms with Crippen LogP contribution in [0.3, 0.4) is 0 Å². The van der Waals surface area contributed by atoms with Crippen LogP contribution in [-0.2, 0) is 9.59 Å². The number of rotatable bonds is 2. The number of anilines is 2. The van der Waals surface area contributed by atoms with Crippen molar-refractivity contribution in [2.75, 3.05) is 10.6 Å². The maximum atomic E-state index is 13.9. The van der Waals surface area contributed by atoms with Crippen LogP contribution in [-0.4, -0.2) is 17.9 Å². The molecule has 0 fully saturated rings. The molecular weight excluding hydrogens is 333 g/mol. The standard InChI is InChI=1S/C20H22FN3O2/c1-10(2)18(23)20(26)24-16-6-4-5-15(22)17(16)13-8-7-12(21)9-14(13)11(3)19(24)25/h4-11,18H,22-23H2,1-3H3/t11?,18-/m0/s1. The summed E-state index contributed by atoms with van der Waals surface area (Å²) < 4.78 is 13.9. The fourth-order valence-electron chi connectivity index (χ4n) is 3.26. The number of amides is 2. The zero-order valence-electron chi connectivity index (χ0n) is 15.0. The van der Waals surface area contributed by atoms with E-state index in [4.69, 9.17) is 11.5 Å². The molecule has 2 aromatic rings. The molecule has 2 amide bonds. The average molecular weight is 355 g/mol. The molecule has 1 heterocycles. The van der Waals surface area contributed by atoms with Gasteiger partial charge in [-0.3, -0.25) is 9.59 Å². The maximum Gasteiger partial charge on any atom is 0.250 e. The van der Waals surface area contributed by atoms with E-state index in [0.717, 1.165) is 4.90 Å². The number of hydrogen-bond donors (Lipinski definition) is 2. The van der Waals surface area contributed by atoms with E-state index in [1.807, 2.05) is 13.8 Å². The highest BCUT2D eigenvalue weighted by molar-refractivity contribution is 6.22. The number of nitrogen functional groups attached to an aromatic ring is 1. The Morgan fingerprint density at radius 3 is 2.58 bits per heavy atom. The molecule has 0 saturated heterocycles. The van der Waals surface area contributed by atoms with E-state index < -0.39 is 29.6 Å². The highest BCUT2D eigenvalue weighted by Crippen LogP contribution is 2.44. The number of nitrogens with zero attached hydrogens (tertiary/aromatic N) is 1. The molecular formula is C20H22FN3O2. The zero-order valence-corrected chi connectivity index (χ0v) is 15.0. The maximum absolute atomic E-state index is 13.9. The highest BCUT2D eigenvalue weighted by Gasteiger charge is 2.38.